The smallest absolute Gasteiger partial charge is 0.242 e. The van der Waals surface area contributed by atoms with Gasteiger partial charge in [0.05, 0.1) is 17.0 Å². The van der Waals surface area contributed by atoms with Crippen molar-refractivity contribution in [2.75, 3.05) is 23.7 Å². The van der Waals surface area contributed by atoms with Gasteiger partial charge >= 0.3 is 0 Å². The van der Waals surface area contributed by atoms with E-state index in [1.807, 2.05) is 30.3 Å². The third-order valence-corrected chi connectivity index (χ3v) is 8.67. The Morgan fingerprint density at radius 3 is 2.37 bits per heavy atom. The summed E-state index contributed by atoms with van der Waals surface area (Å²) in [7, 11) is -3.67. The molecule has 1 saturated carbocycles. The Morgan fingerprint density at radius 2 is 1.71 bits per heavy atom. The number of rotatable bonds is 12. The zero-order chi connectivity index (χ0) is 27.7. The Balaban J connectivity index is 1.69. The molecule has 0 heterocycles. The number of anilines is 1. The molecule has 0 aromatic heterocycles. The Labute approximate surface area is 236 Å². The summed E-state index contributed by atoms with van der Waals surface area (Å²) in [4.78, 5) is 28.2. The van der Waals surface area contributed by atoms with E-state index < -0.39 is 16.1 Å². The molecule has 0 radical (unpaired) electrons. The summed E-state index contributed by atoms with van der Waals surface area (Å²) in [5.41, 5.74) is 1.35. The molecule has 2 amide bonds. The van der Waals surface area contributed by atoms with Gasteiger partial charge in [0.25, 0.3) is 0 Å². The molecule has 0 bridgehead atoms. The summed E-state index contributed by atoms with van der Waals surface area (Å²) in [6, 6.07) is 14.0. The molecule has 1 N–H and O–H groups in total. The lowest BCUT2D eigenvalue weighted by molar-refractivity contribution is -0.140. The van der Waals surface area contributed by atoms with Crippen molar-refractivity contribution in [1.29, 1.82) is 0 Å². The fraction of sp³-hybridized carbons (Fsp3) is 0.500. The predicted molar refractivity (Wildman–Crippen MR) is 154 cm³/mol. The van der Waals surface area contributed by atoms with Gasteiger partial charge in [0.15, 0.2) is 0 Å². The summed E-state index contributed by atoms with van der Waals surface area (Å²) in [6.45, 7) is 2.20. The van der Waals surface area contributed by atoms with E-state index in [-0.39, 0.29) is 48.0 Å². The SMILES string of the molecule is C[C@@H](C(=O)NC1CCCCC1)N(CCc1ccccc1)C(=O)CCCN(c1cc(Cl)ccc1Cl)S(C)(=O)=O. The molecule has 2 aromatic rings. The molecular weight excluding hydrogens is 545 g/mol. The Hall–Kier alpha value is -2.29. The second kappa shape index (κ2) is 14.2. The van der Waals surface area contributed by atoms with Gasteiger partial charge in [-0.3, -0.25) is 13.9 Å². The van der Waals surface area contributed by atoms with E-state index in [9.17, 15) is 18.0 Å². The fourth-order valence-corrected chi connectivity index (χ4v) is 6.20. The summed E-state index contributed by atoms with van der Waals surface area (Å²) in [6.07, 6.45) is 7.36. The van der Waals surface area contributed by atoms with Crippen molar-refractivity contribution < 1.29 is 18.0 Å². The van der Waals surface area contributed by atoms with Gasteiger partial charge in [0.1, 0.15) is 6.04 Å². The molecule has 0 saturated heterocycles. The first-order valence-electron chi connectivity index (χ1n) is 13.1. The largest absolute Gasteiger partial charge is 0.352 e. The standard InChI is InChI=1S/C28H37Cl2N3O4S/c1-21(28(35)31-24-12-7-4-8-13-24)32(19-17-22-10-5-3-6-11-22)27(34)14-9-18-33(38(2,36)37)26-20-23(29)15-16-25(26)30/h3,5-6,10-11,15-16,20-21,24H,4,7-9,12-14,17-19H2,1-2H3,(H,31,35)/t21-/m0/s1. The molecule has 10 heteroatoms. The van der Waals surface area contributed by atoms with Gasteiger partial charge in [0.2, 0.25) is 21.8 Å². The van der Waals surface area contributed by atoms with Crippen LogP contribution in [0.3, 0.4) is 0 Å². The molecule has 3 rings (SSSR count). The number of nitrogens with zero attached hydrogens (tertiary/aromatic N) is 2. The maximum Gasteiger partial charge on any atom is 0.242 e. The third kappa shape index (κ3) is 8.89. The highest BCUT2D eigenvalue weighted by molar-refractivity contribution is 7.92. The second-order valence-electron chi connectivity index (χ2n) is 9.88. The summed E-state index contributed by atoms with van der Waals surface area (Å²) in [5.74, 6) is -0.348. The lowest BCUT2D eigenvalue weighted by Crippen LogP contribution is -2.51. The van der Waals surface area contributed by atoms with Crippen LogP contribution in [-0.4, -0.2) is 56.6 Å². The fourth-order valence-electron chi connectivity index (χ4n) is 4.80. The molecule has 1 aliphatic carbocycles. The maximum absolute atomic E-state index is 13.4. The summed E-state index contributed by atoms with van der Waals surface area (Å²) in [5, 5.41) is 3.75. The normalized spacial score (nSPS) is 15.1. The number of amides is 2. The van der Waals surface area contributed by atoms with E-state index in [1.54, 1.807) is 24.0 Å². The van der Waals surface area contributed by atoms with E-state index in [1.165, 1.54) is 16.8 Å². The molecular formula is C28H37Cl2N3O4S. The topological polar surface area (TPSA) is 86.8 Å². The van der Waals surface area contributed by atoms with E-state index in [2.05, 4.69) is 5.32 Å². The molecule has 1 aliphatic rings. The van der Waals surface area contributed by atoms with Crippen molar-refractivity contribution >= 4 is 50.7 Å². The van der Waals surface area contributed by atoms with E-state index >= 15 is 0 Å². The van der Waals surface area contributed by atoms with Gasteiger partial charge in [-0.25, -0.2) is 8.42 Å². The highest BCUT2D eigenvalue weighted by Crippen LogP contribution is 2.31. The average molecular weight is 583 g/mol. The molecule has 7 nitrogen and oxygen atoms in total. The van der Waals surface area contributed by atoms with Crippen LogP contribution in [0.5, 0.6) is 0 Å². The van der Waals surface area contributed by atoms with Gasteiger partial charge in [0, 0.05) is 30.6 Å². The number of benzene rings is 2. The van der Waals surface area contributed by atoms with Crippen molar-refractivity contribution in [2.45, 2.75) is 70.4 Å². The minimum absolute atomic E-state index is 0.0554. The first-order chi connectivity index (χ1) is 18.1. The van der Waals surface area contributed by atoms with Crippen molar-refractivity contribution in [3.63, 3.8) is 0 Å². The molecule has 1 atom stereocenters. The maximum atomic E-state index is 13.4. The molecule has 208 valence electrons. The quantitative estimate of drug-likeness (QED) is 0.361. The lowest BCUT2D eigenvalue weighted by Gasteiger charge is -2.31. The molecule has 1 fully saturated rings. The van der Waals surface area contributed by atoms with Crippen LogP contribution in [0.15, 0.2) is 48.5 Å². The van der Waals surface area contributed by atoms with Crippen LogP contribution < -0.4 is 9.62 Å². The molecule has 0 unspecified atom stereocenters. The molecule has 2 aromatic carbocycles. The zero-order valence-corrected chi connectivity index (χ0v) is 24.4. The minimum Gasteiger partial charge on any atom is -0.352 e. The number of carbonyl (C=O) groups excluding carboxylic acids is 2. The first kappa shape index (κ1) is 30.3. The van der Waals surface area contributed by atoms with Crippen molar-refractivity contribution in [1.82, 2.24) is 10.2 Å². The Morgan fingerprint density at radius 1 is 1.03 bits per heavy atom. The van der Waals surface area contributed by atoms with E-state index in [0.717, 1.165) is 37.5 Å². The molecule has 0 aliphatic heterocycles. The minimum atomic E-state index is -3.67. The van der Waals surface area contributed by atoms with Crippen LogP contribution in [-0.2, 0) is 26.0 Å². The van der Waals surface area contributed by atoms with Gasteiger partial charge < -0.3 is 10.2 Å². The summed E-state index contributed by atoms with van der Waals surface area (Å²) >= 11 is 12.3. The second-order valence-corrected chi connectivity index (χ2v) is 12.6. The monoisotopic (exact) mass is 581 g/mol. The van der Waals surface area contributed by atoms with Crippen molar-refractivity contribution in [2.24, 2.45) is 0 Å². The number of hydrogen-bond acceptors (Lipinski definition) is 4. The Bertz CT molecular complexity index is 1190. The van der Waals surface area contributed by atoms with Crippen LogP contribution in [0.2, 0.25) is 10.0 Å². The number of halogens is 2. The number of nitrogens with one attached hydrogen (secondary N) is 1. The number of carbonyl (C=O) groups is 2. The zero-order valence-electron chi connectivity index (χ0n) is 22.0. The number of hydrogen-bond donors (Lipinski definition) is 1. The highest BCUT2D eigenvalue weighted by Gasteiger charge is 2.28. The number of sulfonamides is 1. The first-order valence-corrected chi connectivity index (χ1v) is 15.7. The summed E-state index contributed by atoms with van der Waals surface area (Å²) < 4.78 is 26.2. The molecule has 0 spiro atoms. The average Bonchev–Trinajstić information content (AvgIpc) is 2.88. The van der Waals surface area contributed by atoms with Crippen LogP contribution in [0, 0.1) is 0 Å². The van der Waals surface area contributed by atoms with Gasteiger partial charge in [-0.2, -0.15) is 0 Å². The van der Waals surface area contributed by atoms with Gasteiger partial charge in [-0.1, -0.05) is 72.8 Å². The third-order valence-electron chi connectivity index (χ3n) is 6.93. The lowest BCUT2D eigenvalue weighted by atomic mass is 9.95. The van der Waals surface area contributed by atoms with Crippen LogP contribution in [0.1, 0.15) is 57.4 Å². The molecule has 38 heavy (non-hydrogen) atoms. The van der Waals surface area contributed by atoms with Gasteiger partial charge in [-0.05, 0) is 56.4 Å². The highest BCUT2D eigenvalue weighted by atomic mass is 35.5. The van der Waals surface area contributed by atoms with E-state index in [0.29, 0.717) is 18.0 Å². The van der Waals surface area contributed by atoms with E-state index in [4.69, 9.17) is 23.2 Å². The van der Waals surface area contributed by atoms with Crippen molar-refractivity contribution in [3.05, 3.63) is 64.1 Å². The van der Waals surface area contributed by atoms with Gasteiger partial charge in [-0.15, -0.1) is 0 Å². The van der Waals surface area contributed by atoms with Crippen LogP contribution >= 0.6 is 23.2 Å². The van der Waals surface area contributed by atoms with Crippen molar-refractivity contribution in [3.8, 4) is 0 Å². The van der Waals surface area contributed by atoms with Crippen LogP contribution in [0.4, 0.5) is 5.69 Å². The Kier molecular flexibility index (Phi) is 11.3. The predicted octanol–water partition coefficient (Wildman–Crippen LogP) is 5.45. The van der Waals surface area contributed by atoms with Crippen LogP contribution in [0.25, 0.3) is 0 Å².